The van der Waals surface area contributed by atoms with Crippen molar-refractivity contribution in [2.75, 3.05) is 27.2 Å². The van der Waals surface area contributed by atoms with Crippen LogP contribution in [0.1, 0.15) is 200 Å². The number of esters is 1. The molecule has 0 amide bonds. The largest absolute Gasteiger partial charge is 0.466 e. The lowest BCUT2D eigenvalue weighted by Crippen LogP contribution is -2.15. The van der Waals surface area contributed by atoms with Crippen molar-refractivity contribution in [1.82, 2.24) is 4.90 Å². The van der Waals surface area contributed by atoms with Gasteiger partial charge in [0, 0.05) is 6.42 Å². The normalized spacial score (nSPS) is 14.3. The molecule has 0 bridgehead atoms. The molecule has 1 aliphatic carbocycles. The number of ether oxygens (including phenoxy) is 1. The van der Waals surface area contributed by atoms with Crippen molar-refractivity contribution in [2.45, 2.75) is 200 Å². The minimum Gasteiger partial charge on any atom is -0.466 e. The van der Waals surface area contributed by atoms with Crippen LogP contribution in [0.5, 0.6) is 0 Å². The highest BCUT2D eigenvalue weighted by Gasteiger charge is 2.40. The van der Waals surface area contributed by atoms with Gasteiger partial charge in [-0.05, 0) is 76.9 Å². The highest BCUT2D eigenvalue weighted by Crippen LogP contribution is 2.53. The lowest BCUT2D eigenvalue weighted by Gasteiger charge is -2.19. The van der Waals surface area contributed by atoms with Crippen molar-refractivity contribution in [3.63, 3.8) is 0 Å². The molecular formula is C38H75NO2. The first-order chi connectivity index (χ1) is 20.0. The number of carbonyl (C=O) groups excluding carboxylic acids is 1. The monoisotopic (exact) mass is 578 g/mol. The molecule has 0 N–H and O–H groups in total. The molecule has 0 unspecified atom stereocenters. The van der Waals surface area contributed by atoms with E-state index in [9.17, 15) is 4.79 Å². The summed E-state index contributed by atoms with van der Waals surface area (Å²) in [5, 5.41) is 0. The molecule has 1 fully saturated rings. The van der Waals surface area contributed by atoms with Gasteiger partial charge >= 0.3 is 5.97 Å². The highest BCUT2D eigenvalue weighted by molar-refractivity contribution is 5.69. The van der Waals surface area contributed by atoms with Gasteiger partial charge in [-0.1, -0.05) is 149 Å². The lowest BCUT2D eigenvalue weighted by molar-refractivity contribution is -0.143. The van der Waals surface area contributed by atoms with Gasteiger partial charge in [0.15, 0.2) is 0 Å². The second-order valence-electron chi connectivity index (χ2n) is 14.2. The van der Waals surface area contributed by atoms with E-state index in [4.69, 9.17) is 4.74 Å². The molecule has 0 aromatic carbocycles. The fraction of sp³-hybridized carbons (Fsp3) is 0.974. The van der Waals surface area contributed by atoms with Crippen LogP contribution in [-0.2, 0) is 9.53 Å². The van der Waals surface area contributed by atoms with Crippen molar-refractivity contribution in [1.29, 1.82) is 0 Å². The van der Waals surface area contributed by atoms with Crippen LogP contribution in [0.25, 0.3) is 0 Å². The van der Waals surface area contributed by atoms with E-state index in [2.05, 4.69) is 18.7 Å². The van der Waals surface area contributed by atoms with Crippen LogP contribution in [0.15, 0.2) is 0 Å². The average Bonchev–Trinajstić information content (AvgIpc) is 3.72. The molecule has 0 atom stereocenters. The summed E-state index contributed by atoms with van der Waals surface area (Å²) < 4.78 is 5.46. The fourth-order valence-electron chi connectivity index (χ4n) is 6.70. The van der Waals surface area contributed by atoms with E-state index in [0.717, 1.165) is 25.3 Å². The minimum absolute atomic E-state index is 0.0125. The summed E-state index contributed by atoms with van der Waals surface area (Å²) in [7, 11) is 4.10. The van der Waals surface area contributed by atoms with Gasteiger partial charge in [0.2, 0.25) is 0 Å². The van der Waals surface area contributed by atoms with Gasteiger partial charge in [-0.25, -0.2) is 0 Å². The van der Waals surface area contributed by atoms with E-state index in [1.165, 1.54) is 167 Å². The molecule has 0 saturated heterocycles. The van der Waals surface area contributed by atoms with Gasteiger partial charge in [0.05, 0.1) is 6.61 Å². The lowest BCUT2D eigenvalue weighted by atomic mass is 9.87. The predicted molar refractivity (Wildman–Crippen MR) is 181 cm³/mol. The SMILES string of the molecule is CCCCCCCCCCC(CCCCCCCCCC)CCCCC1(CCCCOC(=O)CCCN(C)C)CC1. The van der Waals surface area contributed by atoms with Crippen molar-refractivity contribution in [3.05, 3.63) is 0 Å². The second-order valence-corrected chi connectivity index (χ2v) is 14.2. The van der Waals surface area contributed by atoms with Gasteiger partial charge in [-0.3, -0.25) is 4.79 Å². The highest BCUT2D eigenvalue weighted by atomic mass is 16.5. The third kappa shape index (κ3) is 24.6. The molecule has 41 heavy (non-hydrogen) atoms. The first-order valence-corrected chi connectivity index (χ1v) is 18.8. The Morgan fingerprint density at radius 2 is 1.05 bits per heavy atom. The van der Waals surface area contributed by atoms with Crippen LogP contribution in [0, 0.1) is 11.3 Å². The molecule has 3 heteroatoms. The van der Waals surface area contributed by atoms with Crippen LogP contribution in [0.3, 0.4) is 0 Å². The van der Waals surface area contributed by atoms with E-state index in [0.29, 0.717) is 18.4 Å². The number of nitrogens with zero attached hydrogens (tertiary/aromatic N) is 1. The van der Waals surface area contributed by atoms with Crippen LogP contribution in [0.4, 0.5) is 0 Å². The molecule has 1 rings (SSSR count). The topological polar surface area (TPSA) is 29.5 Å². The van der Waals surface area contributed by atoms with E-state index in [1.807, 2.05) is 14.1 Å². The zero-order valence-electron chi connectivity index (χ0n) is 28.8. The first kappa shape index (κ1) is 38.5. The molecule has 3 nitrogen and oxygen atoms in total. The van der Waals surface area contributed by atoms with Crippen molar-refractivity contribution in [2.24, 2.45) is 11.3 Å². The molecule has 0 spiro atoms. The molecule has 0 aromatic rings. The first-order valence-electron chi connectivity index (χ1n) is 18.8. The van der Waals surface area contributed by atoms with Gasteiger partial charge in [-0.2, -0.15) is 0 Å². The summed E-state index contributed by atoms with van der Waals surface area (Å²) >= 11 is 0. The molecule has 0 aliphatic heterocycles. The van der Waals surface area contributed by atoms with E-state index >= 15 is 0 Å². The average molecular weight is 578 g/mol. The summed E-state index contributed by atoms with van der Waals surface area (Å²) in [6.07, 6.45) is 39.9. The molecule has 1 aliphatic rings. The maximum Gasteiger partial charge on any atom is 0.305 e. The molecule has 0 aromatic heterocycles. The van der Waals surface area contributed by atoms with Crippen molar-refractivity contribution < 1.29 is 9.53 Å². The van der Waals surface area contributed by atoms with E-state index in [1.54, 1.807) is 0 Å². The van der Waals surface area contributed by atoms with Crippen molar-refractivity contribution >= 4 is 5.97 Å². The molecule has 0 radical (unpaired) electrons. The zero-order valence-corrected chi connectivity index (χ0v) is 28.8. The Hall–Kier alpha value is -0.570. The number of unbranched alkanes of at least 4 members (excludes halogenated alkanes) is 16. The molecule has 1 saturated carbocycles. The van der Waals surface area contributed by atoms with Crippen LogP contribution < -0.4 is 0 Å². The zero-order chi connectivity index (χ0) is 29.9. The van der Waals surface area contributed by atoms with E-state index < -0.39 is 0 Å². The fourth-order valence-corrected chi connectivity index (χ4v) is 6.70. The Kier molecular flexibility index (Phi) is 25.3. The summed E-state index contributed by atoms with van der Waals surface area (Å²) in [4.78, 5) is 14.0. The van der Waals surface area contributed by atoms with Gasteiger partial charge in [0.1, 0.15) is 0 Å². The van der Waals surface area contributed by atoms with Crippen LogP contribution in [0.2, 0.25) is 0 Å². The second kappa shape index (κ2) is 27.0. The summed E-state index contributed by atoms with van der Waals surface area (Å²) in [6.45, 7) is 6.20. The number of rotatable bonds is 32. The third-order valence-corrected chi connectivity index (χ3v) is 9.81. The standard InChI is InChI=1S/C38H75NO2/c1-5-7-9-11-13-15-17-19-26-36(27-20-18-16-14-12-10-8-6-2)28-21-22-30-38(32-33-38)31-23-24-35-41-37(40)29-25-34-39(3)4/h36H,5-35H2,1-4H3. The molecule has 0 heterocycles. The maximum atomic E-state index is 11.9. The van der Waals surface area contributed by atoms with Crippen molar-refractivity contribution in [3.8, 4) is 0 Å². The van der Waals surface area contributed by atoms with Gasteiger partial charge in [-0.15, -0.1) is 0 Å². The predicted octanol–water partition coefficient (Wildman–Crippen LogP) is 12.1. The minimum atomic E-state index is -0.0125. The van der Waals surface area contributed by atoms with E-state index in [-0.39, 0.29) is 5.97 Å². The van der Waals surface area contributed by atoms with Crippen LogP contribution in [-0.4, -0.2) is 38.1 Å². The van der Waals surface area contributed by atoms with Crippen LogP contribution >= 0.6 is 0 Å². The Bertz CT molecular complexity index is 551. The summed E-state index contributed by atoms with van der Waals surface area (Å²) in [5.74, 6) is 0.972. The Morgan fingerprint density at radius 1 is 0.610 bits per heavy atom. The number of hydrogen-bond donors (Lipinski definition) is 0. The molecular weight excluding hydrogens is 502 g/mol. The summed E-state index contributed by atoms with van der Waals surface area (Å²) in [5.41, 5.74) is 0.654. The Morgan fingerprint density at radius 3 is 1.51 bits per heavy atom. The number of hydrogen-bond acceptors (Lipinski definition) is 3. The Balaban J connectivity index is 2.18. The summed E-state index contributed by atoms with van der Waals surface area (Å²) in [6, 6.07) is 0. The van der Waals surface area contributed by atoms with Gasteiger partial charge in [0.25, 0.3) is 0 Å². The Labute approximate surface area is 258 Å². The molecule has 244 valence electrons. The quantitative estimate of drug-likeness (QED) is 0.0588. The smallest absolute Gasteiger partial charge is 0.305 e. The number of carbonyl (C=O) groups is 1. The van der Waals surface area contributed by atoms with Gasteiger partial charge < -0.3 is 9.64 Å². The third-order valence-electron chi connectivity index (χ3n) is 9.81. The maximum absolute atomic E-state index is 11.9.